The van der Waals surface area contributed by atoms with E-state index >= 15 is 0 Å². The van der Waals surface area contributed by atoms with Crippen LogP contribution >= 0.6 is 11.3 Å². The highest BCUT2D eigenvalue weighted by atomic mass is 32.2. The van der Waals surface area contributed by atoms with Crippen LogP contribution in [-0.2, 0) is 29.1 Å². The molecule has 56 heavy (non-hydrogen) atoms. The largest absolute Gasteiger partial charge is 0.471 e. The van der Waals surface area contributed by atoms with Gasteiger partial charge in [0.05, 0.1) is 27.2 Å². The van der Waals surface area contributed by atoms with E-state index in [1.54, 1.807) is 6.92 Å². The van der Waals surface area contributed by atoms with Gasteiger partial charge in [0.1, 0.15) is 35.5 Å². The molecule has 0 spiro atoms. The number of carbonyl (C=O) groups excluding carboxylic acids is 4. The van der Waals surface area contributed by atoms with Crippen molar-refractivity contribution in [2.24, 2.45) is 5.92 Å². The molecular formula is C40H48N6O8S2. The Morgan fingerprint density at radius 3 is 2.45 bits per heavy atom. The molecule has 5 atom stereocenters. The minimum absolute atomic E-state index is 0.0135. The molecule has 2 aromatic heterocycles. The summed E-state index contributed by atoms with van der Waals surface area (Å²) in [5, 5.41) is 7.67. The standard InChI is InChI=1S/C40H48N6O8S2/c1-39(19-20-39)56(51,52)45-37(49)40-23-25(40)12-5-3-2-4-6-17-30(43-38(50)54-26-13-7-8-14-26)36(48)46-24-27(22-31(46)34(47)44-40)53-35-33(32-18-11-21-55-32)41-28-15-9-10-16-29(28)42-35/h5,9-12,15-16,18,21,25-27,30-31H,2-4,6-8,13-14,17,19-20,22-24H2,1H3,(H,43,50)(H,44,47)(H,45,49)/b12-5-/t25-,27-,30+,31+,40-/m1/s1. The van der Waals surface area contributed by atoms with E-state index < -0.39 is 68.2 Å². The predicted octanol–water partition coefficient (Wildman–Crippen LogP) is 5.14. The first-order valence-electron chi connectivity index (χ1n) is 19.8. The lowest BCUT2D eigenvalue weighted by Gasteiger charge is -2.30. The molecule has 8 rings (SSSR count). The molecule has 14 nitrogen and oxygen atoms in total. The number of aromatic nitrogens is 2. The van der Waals surface area contributed by atoms with Crippen LogP contribution < -0.4 is 20.1 Å². The zero-order chi connectivity index (χ0) is 39.1. The van der Waals surface area contributed by atoms with Crippen LogP contribution in [0.3, 0.4) is 0 Å². The van der Waals surface area contributed by atoms with Gasteiger partial charge in [-0.1, -0.05) is 43.2 Å². The molecule has 298 valence electrons. The van der Waals surface area contributed by atoms with E-state index in [4.69, 9.17) is 19.4 Å². The van der Waals surface area contributed by atoms with Crippen molar-refractivity contribution in [2.75, 3.05) is 6.54 Å². The maximum atomic E-state index is 14.6. The molecule has 2 aliphatic heterocycles. The molecule has 5 aliphatic rings. The van der Waals surface area contributed by atoms with E-state index in [0.29, 0.717) is 48.8 Å². The van der Waals surface area contributed by atoms with Gasteiger partial charge < -0.3 is 25.0 Å². The summed E-state index contributed by atoms with van der Waals surface area (Å²) in [4.78, 5) is 68.2. The summed E-state index contributed by atoms with van der Waals surface area (Å²) >= 11 is 1.48. The number of hydrogen-bond acceptors (Lipinski definition) is 11. The summed E-state index contributed by atoms with van der Waals surface area (Å²) in [6, 6.07) is 9.17. The van der Waals surface area contributed by atoms with Crippen LogP contribution in [0.5, 0.6) is 5.88 Å². The number of thiophene rings is 1. The molecular weight excluding hydrogens is 757 g/mol. The van der Waals surface area contributed by atoms with Gasteiger partial charge in [0.15, 0.2) is 0 Å². The average Bonchev–Trinajstić information content (AvgIpc) is 3.74. The van der Waals surface area contributed by atoms with Gasteiger partial charge in [-0.2, -0.15) is 0 Å². The summed E-state index contributed by atoms with van der Waals surface area (Å²) < 4.78 is 39.9. The number of alkyl carbamates (subject to hydrolysis) is 1. The third-order valence-corrected chi connectivity index (χ3v) is 15.0. The minimum atomic E-state index is -3.99. The molecule has 1 aromatic carbocycles. The van der Waals surface area contributed by atoms with Crippen LogP contribution in [0.15, 0.2) is 53.9 Å². The first-order valence-corrected chi connectivity index (χ1v) is 22.1. The molecule has 4 heterocycles. The highest BCUT2D eigenvalue weighted by molar-refractivity contribution is 7.91. The molecule has 3 N–H and O–H groups in total. The lowest BCUT2D eigenvalue weighted by atomic mass is 10.0. The quantitative estimate of drug-likeness (QED) is 0.258. The summed E-state index contributed by atoms with van der Waals surface area (Å²) in [6.45, 7) is 1.58. The molecule has 0 unspecified atom stereocenters. The Bertz CT molecular complexity index is 2130. The van der Waals surface area contributed by atoms with Crippen LogP contribution in [0, 0.1) is 5.92 Å². The summed E-state index contributed by atoms with van der Waals surface area (Å²) in [6.07, 6.45) is 10.1. The lowest BCUT2D eigenvalue weighted by molar-refractivity contribution is -0.141. The van der Waals surface area contributed by atoms with Crippen molar-refractivity contribution in [3.8, 4) is 16.5 Å². The first kappa shape index (κ1) is 38.3. The highest BCUT2D eigenvalue weighted by Gasteiger charge is 2.63. The number of amides is 4. The third-order valence-electron chi connectivity index (χ3n) is 11.9. The molecule has 3 aromatic rings. The minimum Gasteiger partial charge on any atom is -0.471 e. The average molecular weight is 805 g/mol. The number of rotatable bonds is 8. The van der Waals surface area contributed by atoms with Crippen LogP contribution in [0.25, 0.3) is 21.6 Å². The summed E-state index contributed by atoms with van der Waals surface area (Å²) in [5.41, 5.74) is 0.315. The Labute approximate surface area is 330 Å². The number of benzene rings is 1. The normalized spacial score (nSPS) is 28.6. The van der Waals surface area contributed by atoms with E-state index in [2.05, 4.69) is 15.4 Å². The number of allylic oxidation sites excluding steroid dienone is 1. The summed E-state index contributed by atoms with van der Waals surface area (Å²) in [7, 11) is -3.99. The van der Waals surface area contributed by atoms with E-state index in [9.17, 15) is 27.6 Å². The molecule has 4 amide bonds. The second-order valence-electron chi connectivity index (χ2n) is 16.1. The summed E-state index contributed by atoms with van der Waals surface area (Å²) in [5.74, 6) is -2.05. The van der Waals surface area contributed by atoms with Crippen molar-refractivity contribution in [1.29, 1.82) is 0 Å². The number of sulfonamides is 1. The van der Waals surface area contributed by atoms with Crippen molar-refractivity contribution in [3.05, 3.63) is 53.9 Å². The smallest absolute Gasteiger partial charge is 0.408 e. The van der Waals surface area contributed by atoms with Gasteiger partial charge >= 0.3 is 6.09 Å². The first-order chi connectivity index (χ1) is 26.9. The fraction of sp³-hybridized carbons (Fsp3) is 0.550. The van der Waals surface area contributed by atoms with Crippen molar-refractivity contribution in [1.82, 2.24) is 30.2 Å². The molecule has 3 saturated carbocycles. The van der Waals surface area contributed by atoms with E-state index in [0.717, 1.165) is 43.4 Å². The van der Waals surface area contributed by atoms with E-state index in [1.165, 1.54) is 16.2 Å². The number of fused-ring (bicyclic) bond motifs is 3. The number of nitrogens with one attached hydrogen (secondary N) is 3. The Morgan fingerprint density at radius 1 is 0.964 bits per heavy atom. The number of ether oxygens (including phenoxy) is 2. The maximum Gasteiger partial charge on any atom is 0.408 e. The van der Waals surface area contributed by atoms with Gasteiger partial charge in [-0.25, -0.2) is 23.2 Å². The fourth-order valence-electron chi connectivity index (χ4n) is 8.08. The zero-order valence-electron chi connectivity index (χ0n) is 31.4. The van der Waals surface area contributed by atoms with Gasteiger partial charge in [0, 0.05) is 12.3 Å². The van der Waals surface area contributed by atoms with Gasteiger partial charge in [-0.15, -0.1) is 11.3 Å². The fourth-order valence-corrected chi connectivity index (χ4v) is 10.1. The predicted molar refractivity (Wildman–Crippen MR) is 209 cm³/mol. The van der Waals surface area contributed by atoms with Gasteiger partial charge in [-0.05, 0) is 94.7 Å². The topological polar surface area (TPSA) is 186 Å². The van der Waals surface area contributed by atoms with Crippen LogP contribution in [0.4, 0.5) is 4.79 Å². The Hall–Kier alpha value is -4.57. The molecule has 4 fully saturated rings. The van der Waals surface area contributed by atoms with Crippen LogP contribution in [0.1, 0.15) is 90.4 Å². The molecule has 1 saturated heterocycles. The number of nitrogens with zero attached hydrogens (tertiary/aromatic N) is 3. The second-order valence-corrected chi connectivity index (χ2v) is 19.2. The van der Waals surface area contributed by atoms with E-state index in [-0.39, 0.29) is 31.4 Å². The van der Waals surface area contributed by atoms with Crippen molar-refractivity contribution in [3.63, 3.8) is 0 Å². The van der Waals surface area contributed by atoms with Crippen molar-refractivity contribution < 1.29 is 37.1 Å². The van der Waals surface area contributed by atoms with Crippen molar-refractivity contribution in [2.45, 2.75) is 125 Å². The van der Waals surface area contributed by atoms with Gasteiger partial charge in [0.25, 0.3) is 5.91 Å². The lowest BCUT2D eigenvalue weighted by Crippen LogP contribution is -2.58. The number of carbonyl (C=O) groups is 4. The SMILES string of the molecule is CC1(S(=O)(=O)NC(=O)[C@@]23C[C@H]2/C=C\CCCCC[C@H](NC(=O)OC2CCCC2)C(=O)N2C[C@H](Oc4nc5ccccc5nc4-c4cccs4)C[C@H]2C(=O)N3)CC1. The molecule has 0 radical (unpaired) electrons. The second kappa shape index (κ2) is 15.4. The molecule has 0 bridgehead atoms. The molecule has 16 heteroatoms. The third kappa shape index (κ3) is 7.86. The van der Waals surface area contributed by atoms with Gasteiger partial charge in [-0.3, -0.25) is 19.1 Å². The molecule has 3 aliphatic carbocycles. The van der Waals surface area contributed by atoms with Crippen LogP contribution in [0.2, 0.25) is 0 Å². The highest BCUT2D eigenvalue weighted by Crippen LogP contribution is 2.47. The Balaban J connectivity index is 1.10. The van der Waals surface area contributed by atoms with Crippen molar-refractivity contribution >= 4 is 56.2 Å². The monoisotopic (exact) mass is 804 g/mol. The zero-order valence-corrected chi connectivity index (χ0v) is 33.0. The number of para-hydroxylation sites is 2. The number of hydrogen-bond donors (Lipinski definition) is 3. The Morgan fingerprint density at radius 2 is 1.71 bits per heavy atom. The van der Waals surface area contributed by atoms with Crippen LogP contribution in [-0.4, -0.2) is 88.2 Å². The van der Waals surface area contributed by atoms with Gasteiger partial charge in [0.2, 0.25) is 27.7 Å². The Kier molecular flexibility index (Phi) is 10.5. The van der Waals surface area contributed by atoms with E-state index in [1.807, 2.05) is 53.9 Å². The maximum absolute atomic E-state index is 14.6.